The number of morpholine rings is 1. The van der Waals surface area contributed by atoms with Gasteiger partial charge in [-0.1, -0.05) is 29.5 Å². The van der Waals surface area contributed by atoms with E-state index in [0.717, 1.165) is 24.3 Å². The van der Waals surface area contributed by atoms with Gasteiger partial charge in [-0.2, -0.15) is 5.26 Å². The minimum Gasteiger partial charge on any atom is -0.378 e. The second-order valence-corrected chi connectivity index (χ2v) is 7.50. The summed E-state index contributed by atoms with van der Waals surface area (Å²) in [5.41, 5.74) is 2.11. The normalized spacial score (nSPS) is 15.1. The van der Waals surface area contributed by atoms with Gasteiger partial charge >= 0.3 is 0 Å². The molecule has 0 spiro atoms. The van der Waals surface area contributed by atoms with E-state index in [4.69, 9.17) is 15.4 Å². The van der Waals surface area contributed by atoms with Crippen LogP contribution in [-0.4, -0.2) is 58.3 Å². The second-order valence-electron chi connectivity index (χ2n) is 6.55. The molecule has 2 heterocycles. The van der Waals surface area contributed by atoms with E-state index in [1.807, 2.05) is 41.8 Å². The molecule has 1 fully saturated rings. The molecular weight excluding hydrogens is 376 g/mol. The number of aryl methyl sites for hydroxylation is 1. The molecule has 1 saturated heterocycles. The van der Waals surface area contributed by atoms with Crippen molar-refractivity contribution in [3.05, 3.63) is 29.8 Å². The molecule has 9 heteroatoms. The van der Waals surface area contributed by atoms with Crippen LogP contribution in [0.1, 0.15) is 12.5 Å². The number of aromatic nitrogens is 3. The minimum absolute atomic E-state index is 0.0571. The Kier molecular flexibility index (Phi) is 6.44. The predicted octanol–water partition coefficient (Wildman–Crippen LogP) is 2.25. The van der Waals surface area contributed by atoms with E-state index >= 15 is 0 Å². The molecule has 0 amide bonds. The fourth-order valence-electron chi connectivity index (χ4n) is 2.87. The van der Waals surface area contributed by atoms with Crippen molar-refractivity contribution < 1.29 is 9.53 Å². The summed E-state index contributed by atoms with van der Waals surface area (Å²) in [4.78, 5) is 14.4. The Bertz CT molecular complexity index is 896. The third-order valence-corrected chi connectivity index (χ3v) is 5.38. The molecule has 2 aromatic rings. The van der Waals surface area contributed by atoms with Gasteiger partial charge < -0.3 is 15.0 Å². The van der Waals surface area contributed by atoms with E-state index in [1.165, 1.54) is 18.7 Å². The van der Waals surface area contributed by atoms with Crippen LogP contribution in [0.5, 0.6) is 0 Å². The number of nitrogens with one attached hydrogen (secondary N) is 1. The molecular formula is C19H22N6O2S. The fourth-order valence-corrected chi connectivity index (χ4v) is 3.73. The van der Waals surface area contributed by atoms with Gasteiger partial charge in [-0.05, 0) is 26.0 Å². The van der Waals surface area contributed by atoms with Gasteiger partial charge in [-0.25, -0.2) is 0 Å². The molecule has 0 saturated carbocycles. The summed E-state index contributed by atoms with van der Waals surface area (Å²) in [6.07, 6.45) is 0. The monoisotopic (exact) mass is 398 g/mol. The zero-order valence-electron chi connectivity index (χ0n) is 15.9. The lowest BCUT2D eigenvalue weighted by Gasteiger charge is -2.28. The van der Waals surface area contributed by atoms with Crippen LogP contribution in [-0.2, 0) is 9.53 Å². The number of ether oxygens (including phenoxy) is 1. The first-order valence-corrected chi connectivity index (χ1v) is 9.95. The molecule has 0 radical (unpaired) electrons. The van der Waals surface area contributed by atoms with Crippen LogP contribution in [0, 0.1) is 29.6 Å². The number of anilines is 1. The number of benzene rings is 1. The fraction of sp³-hybridized carbons (Fsp3) is 0.421. The average Bonchev–Trinajstić information content (AvgIpc) is 3.12. The molecule has 1 aliphatic rings. The topological polar surface area (TPSA) is 108 Å². The zero-order chi connectivity index (χ0) is 20.1. The molecule has 28 heavy (non-hydrogen) atoms. The Morgan fingerprint density at radius 3 is 2.61 bits per heavy atom. The third-order valence-electron chi connectivity index (χ3n) is 4.43. The lowest BCUT2D eigenvalue weighted by Crippen LogP contribution is -2.37. The molecule has 1 aromatic heterocycles. The van der Waals surface area contributed by atoms with Crippen LogP contribution in [0.4, 0.5) is 5.95 Å². The van der Waals surface area contributed by atoms with Gasteiger partial charge in [0, 0.05) is 18.8 Å². The van der Waals surface area contributed by atoms with E-state index in [-0.39, 0.29) is 17.2 Å². The van der Waals surface area contributed by atoms with Crippen LogP contribution in [0.25, 0.3) is 5.69 Å². The highest BCUT2D eigenvalue weighted by atomic mass is 32.2. The molecule has 3 rings (SSSR count). The summed E-state index contributed by atoms with van der Waals surface area (Å²) >= 11 is 1.23. The van der Waals surface area contributed by atoms with Crippen LogP contribution in [0.3, 0.4) is 0 Å². The van der Waals surface area contributed by atoms with E-state index < -0.39 is 5.92 Å². The van der Waals surface area contributed by atoms with Crippen molar-refractivity contribution in [2.45, 2.75) is 19.0 Å². The minimum atomic E-state index is -1.01. The van der Waals surface area contributed by atoms with Gasteiger partial charge in [-0.3, -0.25) is 9.36 Å². The van der Waals surface area contributed by atoms with Crippen LogP contribution >= 0.6 is 11.8 Å². The van der Waals surface area contributed by atoms with Gasteiger partial charge in [0.25, 0.3) is 0 Å². The summed E-state index contributed by atoms with van der Waals surface area (Å²) in [5, 5.41) is 26.0. The highest BCUT2D eigenvalue weighted by molar-refractivity contribution is 7.99. The number of thioether (sulfide) groups is 1. The molecule has 1 N–H and O–H groups in total. The standard InChI is InChI=1S/C19H22N6O2S/c1-13-3-5-15(6-4-13)25-18(24-7-9-27-10-8-24)22-23-19(25)28-12-17(26)16(11-20)14(2)21/h3-6,16,21H,7-10,12H2,1-2H3/t16-/m1/s1. The van der Waals surface area contributed by atoms with Crippen molar-refractivity contribution >= 4 is 29.2 Å². The van der Waals surface area contributed by atoms with Crippen molar-refractivity contribution in [1.82, 2.24) is 14.8 Å². The van der Waals surface area contributed by atoms with Gasteiger partial charge in [-0.15, -0.1) is 10.2 Å². The number of hydrogen-bond donors (Lipinski definition) is 1. The van der Waals surface area contributed by atoms with Crippen LogP contribution < -0.4 is 4.90 Å². The van der Waals surface area contributed by atoms with Gasteiger partial charge in [0.15, 0.2) is 10.9 Å². The van der Waals surface area contributed by atoms with E-state index in [0.29, 0.717) is 24.3 Å². The lowest BCUT2D eigenvalue weighted by atomic mass is 10.0. The number of hydrogen-bond acceptors (Lipinski definition) is 8. The molecule has 1 aliphatic heterocycles. The highest BCUT2D eigenvalue weighted by Crippen LogP contribution is 2.28. The molecule has 1 aromatic carbocycles. The molecule has 0 bridgehead atoms. The lowest BCUT2D eigenvalue weighted by molar-refractivity contribution is -0.117. The van der Waals surface area contributed by atoms with E-state index in [1.54, 1.807) is 0 Å². The molecule has 0 unspecified atom stereocenters. The average molecular weight is 398 g/mol. The van der Waals surface area contributed by atoms with Gasteiger partial charge in [0.1, 0.15) is 5.92 Å². The summed E-state index contributed by atoms with van der Waals surface area (Å²) in [5.74, 6) is -0.544. The van der Waals surface area contributed by atoms with Gasteiger partial charge in [0.05, 0.1) is 30.7 Å². The smallest absolute Gasteiger partial charge is 0.232 e. The first kappa shape index (κ1) is 20.0. The summed E-state index contributed by atoms with van der Waals surface area (Å²) < 4.78 is 7.36. The molecule has 8 nitrogen and oxygen atoms in total. The van der Waals surface area contributed by atoms with Crippen molar-refractivity contribution in [2.75, 3.05) is 37.0 Å². The third kappa shape index (κ3) is 4.40. The summed E-state index contributed by atoms with van der Waals surface area (Å²) in [6, 6.07) is 9.92. The largest absolute Gasteiger partial charge is 0.378 e. The summed E-state index contributed by atoms with van der Waals surface area (Å²) in [6.45, 7) is 6.19. The predicted molar refractivity (Wildman–Crippen MR) is 107 cm³/mol. The Morgan fingerprint density at radius 2 is 2.00 bits per heavy atom. The van der Waals surface area contributed by atoms with Crippen LogP contribution in [0.15, 0.2) is 29.4 Å². The molecule has 146 valence electrons. The number of Topliss-reactive ketones (excluding diaryl/α,β-unsaturated/α-hetero) is 1. The van der Waals surface area contributed by atoms with Crippen molar-refractivity contribution in [3.8, 4) is 11.8 Å². The SMILES string of the molecule is CC(=N)[C@@H](C#N)C(=O)CSc1nnc(N2CCOCC2)n1-c1ccc(C)cc1. The maximum absolute atomic E-state index is 12.3. The maximum Gasteiger partial charge on any atom is 0.232 e. The van der Waals surface area contributed by atoms with Crippen molar-refractivity contribution in [2.24, 2.45) is 5.92 Å². The van der Waals surface area contributed by atoms with Crippen molar-refractivity contribution in [3.63, 3.8) is 0 Å². The summed E-state index contributed by atoms with van der Waals surface area (Å²) in [7, 11) is 0. The van der Waals surface area contributed by atoms with Crippen molar-refractivity contribution in [1.29, 1.82) is 10.7 Å². The Morgan fingerprint density at radius 1 is 1.32 bits per heavy atom. The Balaban J connectivity index is 1.89. The Hall–Kier alpha value is -2.70. The van der Waals surface area contributed by atoms with E-state index in [9.17, 15) is 4.79 Å². The number of ketones is 1. The number of nitrogens with zero attached hydrogens (tertiary/aromatic N) is 5. The first-order chi connectivity index (χ1) is 13.5. The van der Waals surface area contributed by atoms with Crippen LogP contribution in [0.2, 0.25) is 0 Å². The number of nitriles is 1. The number of rotatable bonds is 7. The van der Waals surface area contributed by atoms with Gasteiger partial charge in [0.2, 0.25) is 5.95 Å². The maximum atomic E-state index is 12.3. The zero-order valence-corrected chi connectivity index (χ0v) is 16.7. The molecule has 1 atom stereocenters. The number of carbonyl (C=O) groups excluding carboxylic acids is 1. The Labute approximate surface area is 168 Å². The molecule has 0 aliphatic carbocycles. The quantitative estimate of drug-likeness (QED) is 0.563. The number of carbonyl (C=O) groups is 1. The van der Waals surface area contributed by atoms with E-state index in [2.05, 4.69) is 15.1 Å². The highest BCUT2D eigenvalue weighted by Gasteiger charge is 2.24. The first-order valence-electron chi connectivity index (χ1n) is 8.96. The second kappa shape index (κ2) is 8.99.